The van der Waals surface area contributed by atoms with E-state index in [2.05, 4.69) is 16.3 Å². The Kier molecular flexibility index (Phi) is 2.45. The molecule has 0 fully saturated rings. The second kappa shape index (κ2) is 4.10. The van der Waals surface area contributed by atoms with Gasteiger partial charge in [0.25, 0.3) is 0 Å². The first-order valence-electron chi connectivity index (χ1n) is 5.18. The van der Waals surface area contributed by atoms with Gasteiger partial charge in [0.05, 0.1) is 0 Å². The maximum atomic E-state index is 10.7. The van der Waals surface area contributed by atoms with Crippen LogP contribution in [0.5, 0.6) is 0 Å². The summed E-state index contributed by atoms with van der Waals surface area (Å²) < 4.78 is 1.91. The van der Waals surface area contributed by atoms with E-state index in [1.807, 2.05) is 22.0 Å². The summed E-state index contributed by atoms with van der Waals surface area (Å²) in [7, 11) is 0. The third-order valence-electron chi connectivity index (χ3n) is 2.55. The molecule has 0 saturated carbocycles. The molecule has 5 heteroatoms. The summed E-state index contributed by atoms with van der Waals surface area (Å²) in [6.07, 6.45) is 3.41. The Bertz CT molecular complexity index is 658. The number of carbonyl (C=O) groups excluding carboxylic acids is 1. The lowest BCUT2D eigenvalue weighted by Gasteiger charge is -1.98. The highest BCUT2D eigenvalue weighted by atomic mass is 32.1. The van der Waals surface area contributed by atoms with Crippen molar-refractivity contribution in [2.75, 3.05) is 0 Å². The minimum Gasteiger partial charge on any atom is -0.298 e. The van der Waals surface area contributed by atoms with Crippen LogP contribution in [0.25, 0.3) is 5.65 Å². The van der Waals surface area contributed by atoms with E-state index in [9.17, 15) is 4.79 Å². The van der Waals surface area contributed by atoms with Gasteiger partial charge < -0.3 is 0 Å². The summed E-state index contributed by atoms with van der Waals surface area (Å²) in [5.74, 6) is 0.889. The Balaban J connectivity index is 2.03. The monoisotopic (exact) mass is 243 g/mol. The molecule has 0 aliphatic heterocycles. The third-order valence-corrected chi connectivity index (χ3v) is 3.43. The molecule has 0 aliphatic carbocycles. The van der Waals surface area contributed by atoms with E-state index in [1.54, 1.807) is 23.5 Å². The molecular weight excluding hydrogens is 234 g/mol. The molecule has 17 heavy (non-hydrogen) atoms. The van der Waals surface area contributed by atoms with Crippen molar-refractivity contribution in [3.05, 3.63) is 52.1 Å². The zero-order valence-electron chi connectivity index (χ0n) is 8.91. The van der Waals surface area contributed by atoms with E-state index < -0.39 is 0 Å². The second-order valence-electron chi connectivity index (χ2n) is 3.68. The number of aldehydes is 1. The first-order chi connectivity index (χ1) is 8.36. The first-order valence-corrected chi connectivity index (χ1v) is 6.06. The molecule has 3 aromatic rings. The molecule has 0 spiro atoms. The second-order valence-corrected chi connectivity index (χ2v) is 4.71. The molecule has 0 radical (unpaired) electrons. The van der Waals surface area contributed by atoms with Gasteiger partial charge >= 0.3 is 0 Å². The Labute approximate surface area is 102 Å². The van der Waals surface area contributed by atoms with E-state index >= 15 is 0 Å². The molecule has 0 aromatic carbocycles. The average Bonchev–Trinajstić information content (AvgIpc) is 2.99. The van der Waals surface area contributed by atoms with Crippen molar-refractivity contribution in [3.63, 3.8) is 0 Å². The minimum atomic E-state index is 0.618. The summed E-state index contributed by atoms with van der Waals surface area (Å²) >= 11 is 1.70. The van der Waals surface area contributed by atoms with Crippen LogP contribution in [-0.2, 0) is 6.42 Å². The normalized spacial score (nSPS) is 10.8. The van der Waals surface area contributed by atoms with E-state index in [0.29, 0.717) is 11.2 Å². The number of pyridine rings is 1. The molecule has 0 aliphatic rings. The summed E-state index contributed by atoms with van der Waals surface area (Å²) in [6.45, 7) is 0. The van der Waals surface area contributed by atoms with Crippen molar-refractivity contribution < 1.29 is 4.79 Å². The van der Waals surface area contributed by atoms with Gasteiger partial charge in [-0.2, -0.15) is 0 Å². The number of nitrogens with zero attached hydrogens (tertiary/aromatic N) is 3. The lowest BCUT2D eigenvalue weighted by molar-refractivity contribution is 0.112. The molecule has 0 bridgehead atoms. The van der Waals surface area contributed by atoms with Crippen molar-refractivity contribution >= 4 is 23.3 Å². The molecule has 0 atom stereocenters. The summed E-state index contributed by atoms with van der Waals surface area (Å²) in [5, 5.41) is 10.3. The highest BCUT2D eigenvalue weighted by molar-refractivity contribution is 7.09. The number of fused-ring (bicyclic) bond motifs is 1. The molecule has 0 saturated heterocycles. The first kappa shape index (κ1) is 10.2. The lowest BCUT2D eigenvalue weighted by atomic mass is 10.3. The molecular formula is C12H9N3OS. The van der Waals surface area contributed by atoms with Crippen LogP contribution in [0, 0.1) is 0 Å². The van der Waals surface area contributed by atoms with Crippen LogP contribution in [0.3, 0.4) is 0 Å². The number of hydrogen-bond acceptors (Lipinski definition) is 4. The molecule has 3 heterocycles. The van der Waals surface area contributed by atoms with Gasteiger partial charge in [0.15, 0.2) is 5.65 Å². The van der Waals surface area contributed by atoms with E-state index in [1.165, 1.54) is 4.88 Å². The van der Waals surface area contributed by atoms with Gasteiger partial charge in [-0.05, 0) is 23.6 Å². The van der Waals surface area contributed by atoms with Crippen molar-refractivity contribution in [2.45, 2.75) is 6.42 Å². The fraction of sp³-hybridized carbons (Fsp3) is 0.0833. The highest BCUT2D eigenvalue weighted by Crippen LogP contribution is 2.14. The topological polar surface area (TPSA) is 47.3 Å². The molecule has 3 aromatic heterocycles. The van der Waals surface area contributed by atoms with Crippen molar-refractivity contribution in [1.82, 2.24) is 14.6 Å². The van der Waals surface area contributed by atoms with Crippen LogP contribution in [0.1, 0.15) is 21.1 Å². The van der Waals surface area contributed by atoms with Gasteiger partial charge in [-0.3, -0.25) is 9.20 Å². The predicted molar refractivity (Wildman–Crippen MR) is 65.5 cm³/mol. The van der Waals surface area contributed by atoms with E-state index in [4.69, 9.17) is 0 Å². The molecule has 4 nitrogen and oxygen atoms in total. The lowest BCUT2D eigenvalue weighted by Crippen LogP contribution is -1.95. The smallest absolute Gasteiger partial charge is 0.161 e. The summed E-state index contributed by atoms with van der Waals surface area (Å²) in [5.41, 5.74) is 1.33. The molecule has 0 amide bonds. The van der Waals surface area contributed by atoms with Crippen LogP contribution >= 0.6 is 11.3 Å². The Morgan fingerprint density at radius 2 is 2.29 bits per heavy atom. The maximum Gasteiger partial charge on any atom is 0.161 e. The zero-order valence-corrected chi connectivity index (χ0v) is 9.72. The number of aromatic nitrogens is 3. The van der Waals surface area contributed by atoms with Gasteiger partial charge in [0, 0.05) is 23.1 Å². The minimum absolute atomic E-state index is 0.618. The average molecular weight is 243 g/mol. The summed E-state index contributed by atoms with van der Waals surface area (Å²) in [4.78, 5) is 11.9. The maximum absolute atomic E-state index is 10.7. The van der Waals surface area contributed by atoms with Crippen LogP contribution in [0.2, 0.25) is 0 Å². The standard InChI is InChI=1S/C12H9N3OS/c16-8-9-3-4-15-11(6-9)13-14-12(15)7-10-2-1-5-17-10/h1-6,8H,7H2. The Morgan fingerprint density at radius 3 is 3.06 bits per heavy atom. The zero-order chi connectivity index (χ0) is 11.7. The van der Waals surface area contributed by atoms with Gasteiger partial charge in [-0.1, -0.05) is 6.07 Å². The number of rotatable bonds is 3. The number of carbonyl (C=O) groups is 1. The van der Waals surface area contributed by atoms with Crippen LogP contribution in [-0.4, -0.2) is 20.9 Å². The fourth-order valence-electron chi connectivity index (χ4n) is 1.72. The molecule has 3 rings (SSSR count). The quantitative estimate of drug-likeness (QED) is 0.662. The van der Waals surface area contributed by atoms with Crippen LogP contribution in [0.15, 0.2) is 35.8 Å². The van der Waals surface area contributed by atoms with Gasteiger partial charge in [0.1, 0.15) is 12.1 Å². The summed E-state index contributed by atoms with van der Waals surface area (Å²) in [6, 6.07) is 7.60. The van der Waals surface area contributed by atoms with Gasteiger partial charge in [-0.15, -0.1) is 21.5 Å². The molecule has 0 N–H and O–H groups in total. The van der Waals surface area contributed by atoms with Crippen molar-refractivity contribution in [2.24, 2.45) is 0 Å². The Hall–Kier alpha value is -2.01. The predicted octanol–water partition coefficient (Wildman–Crippen LogP) is 2.19. The SMILES string of the molecule is O=Cc1ccn2c(Cc3cccs3)nnc2c1. The molecule has 0 unspecified atom stereocenters. The van der Waals surface area contributed by atoms with Gasteiger partial charge in [-0.25, -0.2) is 0 Å². The largest absolute Gasteiger partial charge is 0.298 e. The van der Waals surface area contributed by atoms with Crippen LogP contribution < -0.4 is 0 Å². The van der Waals surface area contributed by atoms with Gasteiger partial charge in [0.2, 0.25) is 0 Å². The fourth-order valence-corrected chi connectivity index (χ4v) is 2.42. The number of hydrogen-bond donors (Lipinski definition) is 0. The third kappa shape index (κ3) is 1.85. The molecule has 84 valence electrons. The van der Waals surface area contributed by atoms with E-state index in [-0.39, 0.29) is 0 Å². The van der Waals surface area contributed by atoms with Crippen LogP contribution in [0.4, 0.5) is 0 Å². The highest BCUT2D eigenvalue weighted by Gasteiger charge is 2.07. The Morgan fingerprint density at radius 1 is 1.35 bits per heavy atom. The van der Waals surface area contributed by atoms with E-state index in [0.717, 1.165) is 18.5 Å². The van der Waals surface area contributed by atoms with Crippen molar-refractivity contribution in [1.29, 1.82) is 0 Å². The van der Waals surface area contributed by atoms with Crippen molar-refractivity contribution in [3.8, 4) is 0 Å². The number of thiophene rings is 1.